The lowest BCUT2D eigenvalue weighted by Crippen LogP contribution is -2.57. The Kier molecular flexibility index (Phi) is 9.66. The molecule has 0 radical (unpaired) electrons. The Bertz CT molecular complexity index is 1780. The van der Waals surface area contributed by atoms with Gasteiger partial charge in [-0.05, 0) is 57.7 Å². The first kappa shape index (κ1) is 32.9. The number of likely N-dealkylation sites (tertiary alicyclic amines) is 1. The van der Waals surface area contributed by atoms with Gasteiger partial charge in [0, 0.05) is 55.6 Å². The molecule has 1 aromatic heterocycles. The molecule has 46 heavy (non-hydrogen) atoms. The number of nitrogens with zero attached hydrogens (tertiary/aromatic N) is 4. The average Bonchev–Trinajstić information content (AvgIpc) is 3.16. The number of aromatic nitrogens is 2. The van der Waals surface area contributed by atoms with Gasteiger partial charge in [0.2, 0.25) is 11.8 Å². The van der Waals surface area contributed by atoms with Gasteiger partial charge in [0.1, 0.15) is 12.4 Å². The van der Waals surface area contributed by atoms with E-state index in [2.05, 4.69) is 10.6 Å². The predicted molar refractivity (Wildman–Crippen MR) is 173 cm³/mol. The largest absolute Gasteiger partial charge is 0.354 e. The van der Waals surface area contributed by atoms with Gasteiger partial charge in [0.25, 0.3) is 5.56 Å². The Balaban J connectivity index is 1.41. The van der Waals surface area contributed by atoms with Crippen LogP contribution in [-0.4, -0.2) is 68.0 Å². The zero-order chi connectivity index (χ0) is 33.3. The SMILES string of the molecule is CC(=O)NC[C@H](C)n1c(=O)c(-c2cccc(F)c2Cl)cn(CC(=O)N2C(C)CC(N3CCc4ccccc4NC3=O)CC2C)c1=O. The van der Waals surface area contributed by atoms with Crippen LogP contribution in [0.4, 0.5) is 14.9 Å². The second-order valence-electron chi connectivity index (χ2n) is 12.2. The summed E-state index contributed by atoms with van der Waals surface area (Å²) in [6.45, 7) is 6.90. The van der Waals surface area contributed by atoms with E-state index in [1.807, 2.05) is 43.0 Å². The van der Waals surface area contributed by atoms with Gasteiger partial charge in [-0.2, -0.15) is 0 Å². The molecule has 0 saturated carbocycles. The molecule has 2 N–H and O–H groups in total. The highest BCUT2D eigenvalue weighted by molar-refractivity contribution is 6.33. The fraction of sp³-hybridized carbons (Fsp3) is 0.424. The fourth-order valence-electron chi connectivity index (χ4n) is 6.66. The third-order valence-corrected chi connectivity index (χ3v) is 9.25. The van der Waals surface area contributed by atoms with E-state index < -0.39 is 23.1 Å². The van der Waals surface area contributed by atoms with E-state index in [4.69, 9.17) is 11.6 Å². The minimum atomic E-state index is -0.781. The molecule has 2 aliphatic heterocycles. The number of fused-ring (bicyclic) bond motifs is 1. The highest BCUT2D eigenvalue weighted by Gasteiger charge is 2.38. The number of carbonyl (C=O) groups is 3. The van der Waals surface area contributed by atoms with Gasteiger partial charge in [0.15, 0.2) is 0 Å². The zero-order valence-electron chi connectivity index (χ0n) is 26.3. The number of amides is 4. The van der Waals surface area contributed by atoms with Crippen LogP contribution >= 0.6 is 11.6 Å². The maximum absolute atomic E-state index is 14.4. The van der Waals surface area contributed by atoms with Crippen LogP contribution in [0.3, 0.4) is 0 Å². The van der Waals surface area contributed by atoms with E-state index in [1.54, 1.807) is 11.8 Å². The molecule has 13 heteroatoms. The van der Waals surface area contributed by atoms with Gasteiger partial charge in [-0.3, -0.25) is 23.5 Å². The monoisotopic (exact) mass is 652 g/mol. The summed E-state index contributed by atoms with van der Waals surface area (Å²) in [6, 6.07) is 10.2. The smallest absolute Gasteiger partial charge is 0.331 e. The van der Waals surface area contributed by atoms with Crippen LogP contribution in [-0.2, 0) is 22.6 Å². The van der Waals surface area contributed by atoms with Crippen LogP contribution in [0.15, 0.2) is 58.3 Å². The number of carbonyl (C=O) groups excluding carboxylic acids is 3. The van der Waals surface area contributed by atoms with E-state index in [9.17, 15) is 28.4 Å². The number of rotatable bonds is 7. The van der Waals surface area contributed by atoms with Crippen molar-refractivity contribution in [2.45, 2.75) is 77.7 Å². The molecule has 4 amide bonds. The van der Waals surface area contributed by atoms with E-state index in [1.165, 1.54) is 25.3 Å². The summed E-state index contributed by atoms with van der Waals surface area (Å²) in [5.41, 5.74) is 0.432. The highest BCUT2D eigenvalue weighted by atomic mass is 35.5. The standard InChI is InChI=1S/C33H38ClFN6O5/c1-19-14-24(39-13-12-23-8-5-6-11-28(23)37-32(39)45)15-20(2)40(19)29(43)18-38-17-26(25-9-7-10-27(35)30(25)34)31(44)41(33(38)46)21(3)16-36-22(4)42/h5-11,17,19-21,24H,12-16,18H2,1-4H3,(H,36,42)(H,37,45)/t19?,20?,21-,24?/m0/s1. The molecule has 2 aliphatic rings. The molecule has 0 spiro atoms. The van der Waals surface area contributed by atoms with Gasteiger partial charge >= 0.3 is 11.7 Å². The first-order valence-corrected chi connectivity index (χ1v) is 15.8. The Morgan fingerprint density at radius 3 is 2.43 bits per heavy atom. The lowest BCUT2D eigenvalue weighted by Gasteiger charge is -2.46. The van der Waals surface area contributed by atoms with Crippen molar-refractivity contribution < 1.29 is 18.8 Å². The number of para-hydroxylation sites is 1. The van der Waals surface area contributed by atoms with Gasteiger partial charge in [-0.1, -0.05) is 41.9 Å². The number of nitrogens with one attached hydrogen (secondary N) is 2. The number of benzene rings is 2. The summed E-state index contributed by atoms with van der Waals surface area (Å²) >= 11 is 6.24. The number of hydrogen-bond donors (Lipinski definition) is 2. The highest BCUT2D eigenvalue weighted by Crippen LogP contribution is 2.31. The Hall–Kier alpha value is -4.45. The van der Waals surface area contributed by atoms with Crippen molar-refractivity contribution in [1.82, 2.24) is 24.3 Å². The lowest BCUT2D eigenvalue weighted by molar-refractivity contribution is -0.139. The van der Waals surface area contributed by atoms with Crippen LogP contribution < -0.4 is 21.9 Å². The maximum Gasteiger partial charge on any atom is 0.331 e. The molecule has 1 fully saturated rings. The molecule has 3 heterocycles. The summed E-state index contributed by atoms with van der Waals surface area (Å²) in [5, 5.41) is 5.33. The van der Waals surface area contributed by atoms with Gasteiger partial charge in [0.05, 0.1) is 16.6 Å². The number of piperidine rings is 1. The molecule has 3 aromatic rings. The predicted octanol–water partition coefficient (Wildman–Crippen LogP) is 4.02. The van der Waals surface area contributed by atoms with Crippen molar-refractivity contribution in [3.8, 4) is 11.1 Å². The zero-order valence-corrected chi connectivity index (χ0v) is 27.0. The number of urea groups is 1. The van der Waals surface area contributed by atoms with Gasteiger partial charge in [-0.15, -0.1) is 0 Å². The quantitative estimate of drug-likeness (QED) is 0.399. The minimum absolute atomic E-state index is 0.0184. The molecule has 0 bridgehead atoms. The number of anilines is 1. The molecule has 2 unspecified atom stereocenters. The first-order valence-electron chi connectivity index (χ1n) is 15.4. The maximum atomic E-state index is 14.4. The Morgan fingerprint density at radius 2 is 1.74 bits per heavy atom. The van der Waals surface area contributed by atoms with Crippen molar-refractivity contribution in [2.24, 2.45) is 0 Å². The molecule has 1 saturated heterocycles. The summed E-state index contributed by atoms with van der Waals surface area (Å²) in [6.07, 6.45) is 3.05. The van der Waals surface area contributed by atoms with Gasteiger partial charge in [-0.25, -0.2) is 14.0 Å². The summed E-state index contributed by atoms with van der Waals surface area (Å²) in [7, 11) is 0. The Morgan fingerprint density at radius 1 is 1.04 bits per heavy atom. The van der Waals surface area contributed by atoms with Crippen molar-refractivity contribution >= 4 is 35.1 Å². The summed E-state index contributed by atoms with van der Waals surface area (Å²) in [5.74, 6) is -1.42. The van der Waals surface area contributed by atoms with Crippen LogP contribution in [0, 0.1) is 5.82 Å². The second-order valence-corrected chi connectivity index (χ2v) is 12.5. The number of hydrogen-bond acceptors (Lipinski definition) is 5. The molecule has 3 atom stereocenters. The molecule has 244 valence electrons. The molecule has 5 rings (SSSR count). The van der Waals surface area contributed by atoms with Crippen molar-refractivity contribution in [1.29, 1.82) is 0 Å². The summed E-state index contributed by atoms with van der Waals surface area (Å²) in [4.78, 5) is 69.5. The second kappa shape index (κ2) is 13.5. The van der Waals surface area contributed by atoms with E-state index in [0.717, 1.165) is 26.5 Å². The van der Waals surface area contributed by atoms with E-state index >= 15 is 0 Å². The Labute approximate surface area is 270 Å². The normalized spacial score (nSPS) is 20.4. The van der Waals surface area contributed by atoms with E-state index in [0.29, 0.717) is 25.8 Å². The summed E-state index contributed by atoms with van der Waals surface area (Å²) < 4.78 is 16.5. The van der Waals surface area contributed by atoms with Crippen LogP contribution in [0.1, 0.15) is 52.1 Å². The first-order chi connectivity index (χ1) is 21.9. The molecule has 2 aromatic carbocycles. The molecular weight excluding hydrogens is 615 g/mol. The topological polar surface area (TPSA) is 126 Å². The third kappa shape index (κ3) is 6.57. The number of halogens is 2. The minimum Gasteiger partial charge on any atom is -0.354 e. The molecule has 11 nitrogen and oxygen atoms in total. The van der Waals surface area contributed by atoms with Crippen molar-refractivity contribution in [3.05, 3.63) is 85.9 Å². The fourth-order valence-corrected chi connectivity index (χ4v) is 6.89. The van der Waals surface area contributed by atoms with Crippen molar-refractivity contribution in [3.63, 3.8) is 0 Å². The van der Waals surface area contributed by atoms with Crippen LogP contribution in [0.5, 0.6) is 0 Å². The third-order valence-electron chi connectivity index (χ3n) is 8.87. The van der Waals surface area contributed by atoms with Crippen LogP contribution in [0.25, 0.3) is 11.1 Å². The van der Waals surface area contributed by atoms with Crippen molar-refractivity contribution in [2.75, 3.05) is 18.4 Å². The van der Waals surface area contributed by atoms with Gasteiger partial charge < -0.3 is 20.4 Å². The molecule has 0 aliphatic carbocycles. The van der Waals surface area contributed by atoms with E-state index in [-0.39, 0.29) is 65.2 Å². The van der Waals surface area contributed by atoms with Crippen LogP contribution in [0.2, 0.25) is 5.02 Å². The lowest BCUT2D eigenvalue weighted by atomic mass is 9.91. The molecular formula is C33H38ClFN6O5. The average molecular weight is 653 g/mol.